The summed E-state index contributed by atoms with van der Waals surface area (Å²) in [5.41, 5.74) is 2.18. The highest BCUT2D eigenvalue weighted by molar-refractivity contribution is 6.99. The Kier molecular flexibility index (Phi) is 9.66. The van der Waals surface area contributed by atoms with Crippen molar-refractivity contribution in [2.75, 3.05) is 26.9 Å². The summed E-state index contributed by atoms with van der Waals surface area (Å²) in [7, 11) is 2.19. The van der Waals surface area contributed by atoms with Gasteiger partial charge in [0.05, 0.1) is 42.9 Å². The van der Waals surface area contributed by atoms with Crippen molar-refractivity contribution in [3.63, 3.8) is 0 Å². The second-order valence-corrected chi connectivity index (χ2v) is 6.20. The van der Waals surface area contributed by atoms with Gasteiger partial charge < -0.3 is 24.5 Å². The minimum absolute atomic E-state index is 0.718. The molecule has 0 aliphatic carbocycles. The van der Waals surface area contributed by atoms with Crippen LogP contribution in [0.1, 0.15) is 38.3 Å². The first-order valence-electron chi connectivity index (χ1n) is 8.17. The van der Waals surface area contributed by atoms with Gasteiger partial charge in [-0.3, -0.25) is 10.2 Å². The maximum atomic E-state index is 8.93. The number of carbonyl (C=O) groups excluding carboxylic acids is 2. The number of quaternary nitrogens is 2. The van der Waals surface area contributed by atoms with Gasteiger partial charge in [-0.1, -0.05) is 26.2 Å². The molecule has 0 bridgehead atoms. The van der Waals surface area contributed by atoms with Crippen molar-refractivity contribution in [2.24, 2.45) is 0 Å². The first-order chi connectivity index (χ1) is 12.0. The Balaban J connectivity index is 0.000000450. The molecule has 1 aliphatic rings. The summed E-state index contributed by atoms with van der Waals surface area (Å²) in [5, 5.41) is 20.0. The van der Waals surface area contributed by atoms with Crippen LogP contribution in [0.4, 0.5) is 0 Å². The number of hydrogen-bond acceptors (Lipinski definition) is 8. The van der Waals surface area contributed by atoms with Crippen LogP contribution in [-0.2, 0) is 9.59 Å². The van der Waals surface area contributed by atoms with E-state index in [1.165, 1.54) is 41.5 Å². The fourth-order valence-corrected chi connectivity index (χ4v) is 2.72. The van der Waals surface area contributed by atoms with E-state index in [0.29, 0.717) is 0 Å². The number of carbonyl (C=O) groups is 2. The van der Waals surface area contributed by atoms with Crippen LogP contribution in [0.25, 0.3) is 5.57 Å². The molecule has 0 amide bonds. The summed E-state index contributed by atoms with van der Waals surface area (Å²) in [6, 6.07) is 0. The lowest BCUT2D eigenvalue weighted by molar-refractivity contribution is -0.978. The molecule has 2 rings (SSSR count). The Labute approximate surface area is 150 Å². The molecule has 1 atom stereocenters. The van der Waals surface area contributed by atoms with E-state index in [1.807, 2.05) is 0 Å². The van der Waals surface area contributed by atoms with Crippen molar-refractivity contribution in [3.05, 3.63) is 11.9 Å². The SMILES string of the molecule is CCCCCCOc1nsnc1C1=C[NH2+]C[NH+](C)C1.O=C([O-])C(=O)[O-]. The third kappa shape index (κ3) is 8.05. The minimum atomic E-state index is -2.19. The van der Waals surface area contributed by atoms with Gasteiger partial charge in [0, 0.05) is 0 Å². The number of rotatable bonds is 7. The molecule has 0 saturated carbocycles. The predicted octanol–water partition coefficient (Wildman–Crippen LogP) is -3.63. The molecule has 1 aliphatic heterocycles. The first-order valence-corrected chi connectivity index (χ1v) is 8.90. The fourth-order valence-electron chi connectivity index (χ4n) is 2.19. The number of likely N-dealkylation sites (N-methyl/N-ethyl adjacent to an activating group) is 1. The lowest BCUT2D eigenvalue weighted by Crippen LogP contribution is -3.20. The Morgan fingerprint density at radius 1 is 1.28 bits per heavy atom. The Morgan fingerprint density at radius 3 is 2.60 bits per heavy atom. The summed E-state index contributed by atoms with van der Waals surface area (Å²) in [5.74, 6) is -3.65. The number of carboxylic acid groups (broad SMARTS) is 2. The molecule has 2 heterocycles. The van der Waals surface area contributed by atoms with Crippen molar-refractivity contribution in [1.29, 1.82) is 0 Å². The molecule has 25 heavy (non-hydrogen) atoms. The monoisotopic (exact) mass is 372 g/mol. The fraction of sp³-hybridized carbons (Fsp3) is 0.600. The highest BCUT2D eigenvalue weighted by atomic mass is 32.1. The minimum Gasteiger partial charge on any atom is -0.543 e. The Morgan fingerprint density at radius 2 is 2.00 bits per heavy atom. The van der Waals surface area contributed by atoms with Crippen molar-refractivity contribution in [2.45, 2.75) is 32.6 Å². The van der Waals surface area contributed by atoms with E-state index in [9.17, 15) is 0 Å². The number of hydrogen-bond donors (Lipinski definition) is 2. The smallest absolute Gasteiger partial charge is 0.254 e. The summed E-state index contributed by atoms with van der Waals surface area (Å²) in [4.78, 5) is 19.3. The molecule has 0 radical (unpaired) electrons. The van der Waals surface area contributed by atoms with Crippen molar-refractivity contribution >= 4 is 29.2 Å². The molecule has 0 aromatic carbocycles. The molecule has 0 saturated heterocycles. The average molecular weight is 372 g/mol. The number of nitrogens with two attached hydrogens (primary N) is 1. The molecule has 0 fully saturated rings. The summed E-state index contributed by atoms with van der Waals surface area (Å²) < 4.78 is 14.5. The first kappa shape index (κ1) is 21.0. The number of aliphatic carboxylic acids is 2. The largest absolute Gasteiger partial charge is 0.543 e. The zero-order chi connectivity index (χ0) is 18.7. The van der Waals surface area contributed by atoms with Gasteiger partial charge in [-0.05, 0) is 6.42 Å². The summed E-state index contributed by atoms with van der Waals surface area (Å²) >= 11 is 1.24. The summed E-state index contributed by atoms with van der Waals surface area (Å²) in [6.07, 6.45) is 7.02. The van der Waals surface area contributed by atoms with Gasteiger partial charge in [0.2, 0.25) is 6.67 Å². The number of ether oxygens (including phenoxy) is 1. The van der Waals surface area contributed by atoms with Gasteiger partial charge in [0.15, 0.2) is 5.69 Å². The zero-order valence-corrected chi connectivity index (χ0v) is 15.3. The number of carboxylic acids is 2. The molecule has 1 aromatic rings. The van der Waals surface area contributed by atoms with Crippen LogP contribution >= 0.6 is 11.7 Å². The van der Waals surface area contributed by atoms with Gasteiger partial charge in [-0.15, -0.1) is 4.37 Å². The topological polar surface area (TPSA) is 136 Å². The quantitative estimate of drug-likeness (QED) is 0.372. The van der Waals surface area contributed by atoms with E-state index in [1.54, 1.807) is 0 Å². The summed E-state index contributed by atoms with van der Waals surface area (Å²) in [6.45, 7) is 5.04. The standard InChI is InChI=1S/C13H22N4OS.C2H2O4/c1-3-4-5-6-7-18-13-12(15-19-16-13)11-8-14-10-17(2)9-11;3-1(4)2(5)6/h8,14H,3-7,9-10H2,1-2H3;(H,3,4)(H,5,6). The Bertz CT molecular complexity index is 578. The van der Waals surface area contributed by atoms with Gasteiger partial charge in [0.25, 0.3) is 5.88 Å². The number of aromatic nitrogens is 2. The van der Waals surface area contributed by atoms with Crippen LogP contribution in [0.3, 0.4) is 0 Å². The number of nitrogens with zero attached hydrogens (tertiary/aromatic N) is 2. The van der Waals surface area contributed by atoms with Crippen molar-refractivity contribution < 1.29 is 34.8 Å². The van der Waals surface area contributed by atoms with Crippen LogP contribution in [0, 0.1) is 0 Å². The number of unbranched alkanes of at least 4 members (excludes halogenated alkanes) is 3. The molecule has 9 nitrogen and oxygen atoms in total. The van der Waals surface area contributed by atoms with E-state index in [-0.39, 0.29) is 0 Å². The molecule has 1 aromatic heterocycles. The van der Waals surface area contributed by atoms with Crippen molar-refractivity contribution in [1.82, 2.24) is 8.75 Å². The lowest BCUT2D eigenvalue weighted by Gasteiger charge is -2.17. The molecule has 10 heteroatoms. The third-order valence-electron chi connectivity index (χ3n) is 3.44. The third-order valence-corrected chi connectivity index (χ3v) is 3.96. The maximum absolute atomic E-state index is 8.93. The van der Waals surface area contributed by atoms with Gasteiger partial charge in [-0.25, -0.2) is 0 Å². The highest BCUT2D eigenvalue weighted by Crippen LogP contribution is 2.22. The number of nitrogens with one attached hydrogen (secondary N) is 1. The van der Waals surface area contributed by atoms with Crippen LogP contribution in [-0.4, -0.2) is 47.6 Å². The van der Waals surface area contributed by atoms with Crippen LogP contribution in [0.2, 0.25) is 0 Å². The molecule has 140 valence electrons. The molecule has 3 N–H and O–H groups in total. The second-order valence-electron chi connectivity index (χ2n) is 5.67. The molecule has 0 spiro atoms. The molecular formula is C15H24N4O5S. The van der Waals surface area contributed by atoms with E-state index in [2.05, 4.69) is 34.2 Å². The zero-order valence-electron chi connectivity index (χ0n) is 14.4. The molecular weight excluding hydrogens is 348 g/mol. The molecule has 1 unspecified atom stereocenters. The van der Waals surface area contributed by atoms with Crippen LogP contribution in [0.5, 0.6) is 5.88 Å². The average Bonchev–Trinajstić information content (AvgIpc) is 3.03. The van der Waals surface area contributed by atoms with Crippen LogP contribution < -0.4 is 25.2 Å². The Hall–Kier alpha value is -2.04. The van der Waals surface area contributed by atoms with Gasteiger partial charge in [0.1, 0.15) is 12.7 Å². The van der Waals surface area contributed by atoms with Gasteiger partial charge >= 0.3 is 0 Å². The van der Waals surface area contributed by atoms with E-state index >= 15 is 0 Å². The lowest BCUT2D eigenvalue weighted by atomic mass is 10.2. The van der Waals surface area contributed by atoms with E-state index < -0.39 is 11.9 Å². The maximum Gasteiger partial charge on any atom is 0.254 e. The van der Waals surface area contributed by atoms with Crippen LogP contribution in [0.15, 0.2) is 6.20 Å². The van der Waals surface area contributed by atoms with E-state index in [0.717, 1.165) is 37.8 Å². The van der Waals surface area contributed by atoms with Crippen molar-refractivity contribution in [3.8, 4) is 5.88 Å². The normalized spacial score (nSPS) is 16.4. The van der Waals surface area contributed by atoms with E-state index in [4.69, 9.17) is 24.5 Å². The second kappa shape index (κ2) is 11.5. The highest BCUT2D eigenvalue weighted by Gasteiger charge is 2.22. The predicted molar refractivity (Wildman–Crippen MR) is 86.1 cm³/mol. The van der Waals surface area contributed by atoms with Gasteiger partial charge in [-0.2, -0.15) is 4.37 Å².